The van der Waals surface area contributed by atoms with E-state index in [0.717, 1.165) is 0 Å². The lowest BCUT2D eigenvalue weighted by atomic mass is 10.1. The van der Waals surface area contributed by atoms with Crippen molar-refractivity contribution < 1.29 is 15.0 Å². The van der Waals surface area contributed by atoms with E-state index in [-0.39, 0.29) is 25.8 Å². The SMILES string of the molecule is N[C@H](C(=O)O)c1cc(Cl)c(Cl)c(Br)c1O. The van der Waals surface area contributed by atoms with Gasteiger partial charge in [0.15, 0.2) is 0 Å². The molecule has 0 saturated heterocycles. The zero-order valence-corrected chi connectivity index (χ0v) is 10.3. The van der Waals surface area contributed by atoms with Crippen LogP contribution < -0.4 is 5.73 Å². The van der Waals surface area contributed by atoms with Gasteiger partial charge in [0, 0.05) is 5.56 Å². The molecule has 0 unspecified atom stereocenters. The summed E-state index contributed by atoms with van der Waals surface area (Å²) in [5, 5.41) is 18.5. The first-order chi connectivity index (χ1) is 6.86. The summed E-state index contributed by atoms with van der Waals surface area (Å²) >= 11 is 14.4. The van der Waals surface area contributed by atoms with Gasteiger partial charge < -0.3 is 15.9 Å². The molecule has 0 aliphatic heterocycles. The Morgan fingerprint density at radius 3 is 2.53 bits per heavy atom. The quantitative estimate of drug-likeness (QED) is 0.732. The Bertz CT molecular complexity index is 425. The van der Waals surface area contributed by atoms with Crippen LogP contribution in [-0.2, 0) is 4.79 Å². The highest BCUT2D eigenvalue weighted by Gasteiger charge is 2.22. The van der Waals surface area contributed by atoms with Crippen molar-refractivity contribution in [1.82, 2.24) is 0 Å². The van der Waals surface area contributed by atoms with Crippen molar-refractivity contribution >= 4 is 45.1 Å². The minimum Gasteiger partial charge on any atom is -0.506 e. The van der Waals surface area contributed by atoms with Gasteiger partial charge in [-0.3, -0.25) is 4.79 Å². The van der Waals surface area contributed by atoms with E-state index in [0.29, 0.717) is 0 Å². The highest BCUT2D eigenvalue weighted by Crippen LogP contribution is 2.41. The van der Waals surface area contributed by atoms with Crippen molar-refractivity contribution in [3.63, 3.8) is 0 Å². The van der Waals surface area contributed by atoms with Crippen LogP contribution in [0.4, 0.5) is 0 Å². The average Bonchev–Trinajstić information content (AvgIpc) is 2.19. The molecular weight excluding hydrogens is 309 g/mol. The number of aliphatic carboxylic acids is 1. The van der Waals surface area contributed by atoms with Gasteiger partial charge in [-0.1, -0.05) is 23.2 Å². The van der Waals surface area contributed by atoms with Gasteiger partial charge in [0.1, 0.15) is 11.8 Å². The predicted octanol–water partition coefficient (Wildman–Crippen LogP) is 2.55. The molecule has 4 N–H and O–H groups in total. The van der Waals surface area contributed by atoms with Crippen molar-refractivity contribution in [2.45, 2.75) is 6.04 Å². The summed E-state index contributed by atoms with van der Waals surface area (Å²) in [6.07, 6.45) is 0. The third-order valence-corrected chi connectivity index (χ3v) is 3.55. The monoisotopic (exact) mass is 313 g/mol. The second-order valence-corrected chi connectivity index (χ2v) is 4.32. The molecule has 4 nitrogen and oxygen atoms in total. The second kappa shape index (κ2) is 4.57. The van der Waals surface area contributed by atoms with Crippen molar-refractivity contribution in [2.24, 2.45) is 5.73 Å². The number of carboxylic acid groups (broad SMARTS) is 1. The molecule has 82 valence electrons. The Hall–Kier alpha value is -0.490. The van der Waals surface area contributed by atoms with Gasteiger partial charge in [-0.2, -0.15) is 0 Å². The van der Waals surface area contributed by atoms with Gasteiger partial charge in [-0.15, -0.1) is 0 Å². The number of phenolic OH excluding ortho intramolecular Hbond substituents is 1. The van der Waals surface area contributed by atoms with Crippen LogP contribution in [-0.4, -0.2) is 16.2 Å². The third kappa shape index (κ3) is 2.36. The lowest BCUT2D eigenvalue weighted by Crippen LogP contribution is -2.20. The number of nitrogens with two attached hydrogens (primary N) is 1. The summed E-state index contributed by atoms with van der Waals surface area (Å²) in [7, 11) is 0. The van der Waals surface area contributed by atoms with Gasteiger partial charge >= 0.3 is 5.97 Å². The van der Waals surface area contributed by atoms with E-state index in [2.05, 4.69) is 15.9 Å². The lowest BCUT2D eigenvalue weighted by Gasteiger charge is -2.12. The number of hydrogen-bond donors (Lipinski definition) is 3. The minimum atomic E-state index is -1.35. The first-order valence-corrected chi connectivity index (χ1v) is 5.26. The minimum absolute atomic E-state index is 0.00350. The Morgan fingerprint density at radius 1 is 1.53 bits per heavy atom. The van der Waals surface area contributed by atoms with Crippen molar-refractivity contribution in [2.75, 3.05) is 0 Å². The highest BCUT2D eigenvalue weighted by molar-refractivity contribution is 9.10. The van der Waals surface area contributed by atoms with Crippen LogP contribution >= 0.6 is 39.1 Å². The van der Waals surface area contributed by atoms with Crippen LogP contribution in [0.1, 0.15) is 11.6 Å². The van der Waals surface area contributed by atoms with Crippen LogP contribution in [0, 0.1) is 0 Å². The zero-order valence-electron chi connectivity index (χ0n) is 7.17. The van der Waals surface area contributed by atoms with E-state index in [4.69, 9.17) is 34.0 Å². The Balaban J connectivity index is 3.38. The fourth-order valence-corrected chi connectivity index (χ4v) is 1.89. The molecule has 1 aromatic carbocycles. The number of hydrogen-bond acceptors (Lipinski definition) is 3. The molecule has 0 radical (unpaired) electrons. The number of aromatic hydroxyl groups is 1. The maximum Gasteiger partial charge on any atom is 0.325 e. The van der Waals surface area contributed by atoms with Gasteiger partial charge in [0.05, 0.1) is 14.5 Å². The largest absolute Gasteiger partial charge is 0.506 e. The van der Waals surface area contributed by atoms with E-state index < -0.39 is 12.0 Å². The standard InChI is InChI=1S/C8H6BrCl2NO3/c9-4-5(11)3(10)1-2(7(4)13)6(12)8(14)15/h1,6,13H,12H2,(H,14,15)/t6-/m0/s1. The average molecular weight is 315 g/mol. The van der Waals surface area contributed by atoms with Crippen LogP contribution in [0.25, 0.3) is 0 Å². The van der Waals surface area contributed by atoms with Gasteiger partial charge in [-0.25, -0.2) is 0 Å². The molecule has 1 rings (SSSR count). The maximum atomic E-state index is 10.6. The molecule has 0 aliphatic rings. The van der Waals surface area contributed by atoms with Gasteiger partial charge in [0.2, 0.25) is 0 Å². The summed E-state index contributed by atoms with van der Waals surface area (Å²) < 4.78 is 0.128. The molecule has 0 spiro atoms. The molecule has 7 heteroatoms. The molecule has 0 bridgehead atoms. The van der Waals surface area contributed by atoms with Crippen molar-refractivity contribution in [3.05, 3.63) is 26.1 Å². The number of rotatable bonds is 2. The lowest BCUT2D eigenvalue weighted by molar-refractivity contribution is -0.138. The van der Waals surface area contributed by atoms with E-state index >= 15 is 0 Å². The third-order valence-electron chi connectivity index (χ3n) is 1.77. The van der Waals surface area contributed by atoms with Gasteiger partial charge in [-0.05, 0) is 22.0 Å². The summed E-state index contributed by atoms with van der Waals surface area (Å²) in [5.74, 6) is -1.59. The molecule has 1 atom stereocenters. The molecule has 0 aromatic heterocycles. The molecule has 0 aliphatic carbocycles. The number of carbonyl (C=O) groups is 1. The van der Waals surface area contributed by atoms with E-state index in [9.17, 15) is 9.90 Å². The Morgan fingerprint density at radius 2 is 2.07 bits per heavy atom. The van der Waals surface area contributed by atoms with E-state index in [1.807, 2.05) is 0 Å². The second-order valence-electron chi connectivity index (χ2n) is 2.74. The van der Waals surface area contributed by atoms with Gasteiger partial charge in [0.25, 0.3) is 0 Å². The fourth-order valence-electron chi connectivity index (χ4n) is 0.974. The van der Waals surface area contributed by atoms with Crippen molar-refractivity contribution in [3.8, 4) is 5.75 Å². The predicted molar refractivity (Wildman–Crippen MR) is 60.4 cm³/mol. The molecule has 0 heterocycles. The Kier molecular flexibility index (Phi) is 3.83. The van der Waals surface area contributed by atoms with Crippen LogP contribution in [0.15, 0.2) is 10.5 Å². The normalized spacial score (nSPS) is 12.5. The fraction of sp³-hybridized carbons (Fsp3) is 0.125. The maximum absolute atomic E-state index is 10.6. The molecule has 0 saturated carbocycles. The zero-order chi connectivity index (χ0) is 11.7. The van der Waals surface area contributed by atoms with E-state index in [1.54, 1.807) is 0 Å². The number of carboxylic acids is 1. The first kappa shape index (κ1) is 12.6. The number of halogens is 3. The molecule has 0 fully saturated rings. The smallest absolute Gasteiger partial charge is 0.325 e. The Labute approximate surface area is 104 Å². The van der Waals surface area contributed by atoms with Crippen LogP contribution in [0.2, 0.25) is 10.0 Å². The molecule has 15 heavy (non-hydrogen) atoms. The summed E-state index contributed by atoms with van der Waals surface area (Å²) in [6.45, 7) is 0. The topological polar surface area (TPSA) is 83.6 Å². The van der Waals surface area contributed by atoms with Crippen molar-refractivity contribution in [1.29, 1.82) is 0 Å². The van der Waals surface area contributed by atoms with E-state index in [1.165, 1.54) is 6.07 Å². The molecule has 1 aromatic rings. The highest BCUT2D eigenvalue weighted by atomic mass is 79.9. The summed E-state index contributed by atoms with van der Waals surface area (Å²) in [5.41, 5.74) is 5.35. The summed E-state index contributed by atoms with van der Waals surface area (Å²) in [6, 6.07) is -0.126. The molecular formula is C8H6BrCl2NO3. The van der Waals surface area contributed by atoms with Crippen LogP contribution in [0.5, 0.6) is 5.75 Å². The first-order valence-electron chi connectivity index (χ1n) is 3.71. The van der Waals surface area contributed by atoms with Crippen LogP contribution in [0.3, 0.4) is 0 Å². The molecule has 0 amide bonds. The summed E-state index contributed by atoms with van der Waals surface area (Å²) in [4.78, 5) is 10.6. The number of phenols is 1. The number of benzene rings is 1.